The molecule has 0 unspecified atom stereocenters. The number of nitrogens with one attached hydrogen (secondary N) is 2. The summed E-state index contributed by atoms with van der Waals surface area (Å²) in [5.74, 6) is 0.762. The van der Waals surface area contributed by atoms with Gasteiger partial charge in [0, 0.05) is 45.3 Å². The Balaban J connectivity index is 0.00000420. The summed E-state index contributed by atoms with van der Waals surface area (Å²) < 4.78 is 26.1. The predicted octanol–water partition coefficient (Wildman–Crippen LogP) is 2.56. The highest BCUT2D eigenvalue weighted by atomic mass is 127. The van der Waals surface area contributed by atoms with Crippen LogP contribution in [0.25, 0.3) is 0 Å². The highest BCUT2D eigenvalue weighted by Crippen LogP contribution is 2.15. The molecule has 0 aliphatic carbocycles. The van der Waals surface area contributed by atoms with E-state index < -0.39 is 10.0 Å². The Labute approximate surface area is 197 Å². The lowest BCUT2D eigenvalue weighted by Crippen LogP contribution is -2.48. The average molecular weight is 558 g/mol. The van der Waals surface area contributed by atoms with Gasteiger partial charge in [-0.2, -0.15) is 11.3 Å². The second kappa shape index (κ2) is 13.8. The van der Waals surface area contributed by atoms with Gasteiger partial charge < -0.3 is 10.6 Å². The molecule has 1 saturated heterocycles. The van der Waals surface area contributed by atoms with Crippen molar-refractivity contribution in [2.75, 3.05) is 45.0 Å². The van der Waals surface area contributed by atoms with E-state index in [0.717, 1.165) is 39.0 Å². The van der Waals surface area contributed by atoms with Crippen LogP contribution in [0.4, 0.5) is 0 Å². The smallest absolute Gasteiger partial charge is 0.215 e. The zero-order valence-electron chi connectivity index (χ0n) is 17.8. The first kappa shape index (κ1) is 26.6. The maximum absolute atomic E-state index is 12.3. The van der Waals surface area contributed by atoms with Crippen molar-refractivity contribution in [2.24, 2.45) is 4.99 Å². The average Bonchev–Trinajstić information content (AvgIpc) is 3.17. The Hall–Kier alpha value is -0.430. The molecule has 1 aromatic heterocycles. The van der Waals surface area contributed by atoms with Gasteiger partial charge in [0.25, 0.3) is 0 Å². The largest absolute Gasteiger partial charge is 0.357 e. The third kappa shape index (κ3) is 9.07. The molecule has 2 heterocycles. The molecule has 1 fully saturated rings. The predicted molar refractivity (Wildman–Crippen MR) is 134 cm³/mol. The normalized spacial score (nSPS) is 16.6. The first-order chi connectivity index (χ1) is 13.5. The van der Waals surface area contributed by atoms with Crippen molar-refractivity contribution in [3.05, 3.63) is 22.4 Å². The van der Waals surface area contributed by atoms with Gasteiger partial charge in [0.15, 0.2) is 5.96 Å². The van der Waals surface area contributed by atoms with Crippen LogP contribution in [0.3, 0.4) is 0 Å². The van der Waals surface area contributed by atoms with Crippen LogP contribution in [0.15, 0.2) is 21.8 Å². The van der Waals surface area contributed by atoms with Crippen LogP contribution in [-0.4, -0.2) is 74.6 Å². The molecule has 1 aliphatic heterocycles. The van der Waals surface area contributed by atoms with E-state index >= 15 is 0 Å². The van der Waals surface area contributed by atoms with Crippen LogP contribution in [0.1, 0.15) is 39.2 Å². The summed E-state index contributed by atoms with van der Waals surface area (Å²) in [6, 6.07) is 2.56. The number of nitrogens with zero attached hydrogens (tertiary/aromatic N) is 3. The van der Waals surface area contributed by atoms with Gasteiger partial charge in [0.05, 0.1) is 12.3 Å². The minimum absolute atomic E-state index is 0. The highest BCUT2D eigenvalue weighted by molar-refractivity contribution is 14.0. The summed E-state index contributed by atoms with van der Waals surface area (Å²) in [6.45, 7) is 10.9. The van der Waals surface area contributed by atoms with E-state index in [1.54, 1.807) is 11.3 Å². The molecule has 0 bridgehead atoms. The summed E-state index contributed by atoms with van der Waals surface area (Å²) in [5.41, 5.74) is 1.39. The zero-order valence-corrected chi connectivity index (χ0v) is 21.7. The number of likely N-dealkylation sites (tertiary alicyclic amines) is 1. The fourth-order valence-electron chi connectivity index (χ4n) is 3.41. The molecular weight excluding hydrogens is 521 g/mol. The monoisotopic (exact) mass is 557 g/mol. The molecule has 0 saturated carbocycles. The molecule has 1 aliphatic rings. The van der Waals surface area contributed by atoms with E-state index in [0.29, 0.717) is 25.1 Å². The minimum atomic E-state index is -3.23. The van der Waals surface area contributed by atoms with Gasteiger partial charge in [0.1, 0.15) is 0 Å². The van der Waals surface area contributed by atoms with Crippen molar-refractivity contribution in [3.8, 4) is 0 Å². The van der Waals surface area contributed by atoms with E-state index in [9.17, 15) is 8.42 Å². The minimum Gasteiger partial charge on any atom is -0.357 e. The molecule has 0 radical (unpaired) electrons. The number of rotatable bonds is 10. The van der Waals surface area contributed by atoms with Gasteiger partial charge in [-0.25, -0.2) is 12.7 Å². The SMILES string of the molecule is CCNC(=NCCS(=O)(=O)N(CC)CC)NC1CCN(Cc2ccsc2)CC1.I. The Kier molecular flexibility index (Phi) is 12.7. The van der Waals surface area contributed by atoms with Crippen molar-refractivity contribution in [3.63, 3.8) is 0 Å². The first-order valence-electron chi connectivity index (χ1n) is 10.2. The summed E-state index contributed by atoms with van der Waals surface area (Å²) in [5, 5.41) is 11.1. The number of aliphatic imine (C=N–C) groups is 1. The van der Waals surface area contributed by atoms with Gasteiger partial charge in [0.2, 0.25) is 10.0 Å². The van der Waals surface area contributed by atoms with Gasteiger partial charge in [-0.05, 0) is 42.2 Å². The van der Waals surface area contributed by atoms with Crippen molar-refractivity contribution < 1.29 is 8.42 Å². The first-order valence-corrected chi connectivity index (χ1v) is 12.8. The second-order valence-corrected chi connectivity index (χ2v) is 9.86. The van der Waals surface area contributed by atoms with Crippen molar-refractivity contribution >= 4 is 51.3 Å². The zero-order chi connectivity index (χ0) is 20.4. The van der Waals surface area contributed by atoms with Crippen LogP contribution < -0.4 is 10.6 Å². The second-order valence-electron chi connectivity index (χ2n) is 6.99. The lowest BCUT2D eigenvalue weighted by Gasteiger charge is -2.33. The summed E-state index contributed by atoms with van der Waals surface area (Å²) in [6.07, 6.45) is 2.12. The van der Waals surface area contributed by atoms with E-state index in [-0.39, 0.29) is 36.3 Å². The van der Waals surface area contributed by atoms with Crippen LogP contribution in [0, 0.1) is 0 Å². The van der Waals surface area contributed by atoms with Gasteiger partial charge in [-0.3, -0.25) is 9.89 Å². The number of sulfonamides is 1. The number of guanidine groups is 1. The number of thiophene rings is 1. The van der Waals surface area contributed by atoms with Crippen molar-refractivity contribution in [1.82, 2.24) is 19.8 Å². The standard InChI is InChI=1S/C19H35N5O2S2.HI/c1-4-20-19(21-10-14-28(25,26)24(5-2)6-3)22-18-7-11-23(12-8-18)15-17-9-13-27-16-17;/h9,13,16,18H,4-8,10-12,14-15H2,1-3H3,(H2,20,21,22);1H. The van der Waals surface area contributed by atoms with Crippen LogP contribution in [0.5, 0.6) is 0 Å². The molecule has 29 heavy (non-hydrogen) atoms. The Bertz CT molecular complexity index is 685. The number of halogens is 1. The molecule has 2 N–H and O–H groups in total. The van der Waals surface area contributed by atoms with Crippen LogP contribution >= 0.6 is 35.3 Å². The summed E-state index contributed by atoms with van der Waals surface area (Å²) in [7, 11) is -3.23. The molecule has 0 atom stereocenters. The highest BCUT2D eigenvalue weighted by Gasteiger charge is 2.21. The Morgan fingerprint density at radius 3 is 2.52 bits per heavy atom. The molecule has 0 amide bonds. The quantitative estimate of drug-likeness (QED) is 0.263. The fourth-order valence-corrected chi connectivity index (χ4v) is 5.44. The Morgan fingerprint density at radius 1 is 1.28 bits per heavy atom. The Morgan fingerprint density at radius 2 is 1.97 bits per heavy atom. The molecule has 0 spiro atoms. The molecule has 1 aromatic rings. The van der Waals surface area contributed by atoms with Crippen LogP contribution in [0.2, 0.25) is 0 Å². The van der Waals surface area contributed by atoms with Gasteiger partial charge in [-0.1, -0.05) is 13.8 Å². The lowest BCUT2D eigenvalue weighted by atomic mass is 10.0. The third-order valence-corrected chi connectivity index (χ3v) is 7.71. The number of hydrogen-bond acceptors (Lipinski definition) is 5. The molecule has 168 valence electrons. The fraction of sp³-hybridized carbons (Fsp3) is 0.737. The lowest BCUT2D eigenvalue weighted by molar-refractivity contribution is 0.198. The molecular formula is C19H36IN5O2S2. The maximum Gasteiger partial charge on any atom is 0.215 e. The topological polar surface area (TPSA) is 77.0 Å². The van der Waals surface area contributed by atoms with Crippen molar-refractivity contribution in [1.29, 1.82) is 0 Å². The van der Waals surface area contributed by atoms with E-state index in [4.69, 9.17) is 0 Å². The molecule has 7 nitrogen and oxygen atoms in total. The van der Waals surface area contributed by atoms with Gasteiger partial charge in [-0.15, -0.1) is 24.0 Å². The molecule has 2 rings (SSSR count). The molecule has 0 aromatic carbocycles. The van der Waals surface area contributed by atoms with E-state index in [1.165, 1.54) is 9.87 Å². The summed E-state index contributed by atoms with van der Waals surface area (Å²) >= 11 is 1.75. The van der Waals surface area contributed by atoms with Crippen molar-refractivity contribution in [2.45, 2.75) is 46.2 Å². The van der Waals surface area contributed by atoms with E-state index in [2.05, 4.69) is 37.4 Å². The maximum atomic E-state index is 12.3. The van der Waals surface area contributed by atoms with Gasteiger partial charge >= 0.3 is 0 Å². The number of piperidine rings is 1. The molecule has 10 heteroatoms. The number of hydrogen-bond donors (Lipinski definition) is 2. The summed E-state index contributed by atoms with van der Waals surface area (Å²) in [4.78, 5) is 6.99. The van der Waals surface area contributed by atoms with E-state index in [1.807, 2.05) is 20.8 Å². The third-order valence-electron chi connectivity index (χ3n) is 4.98. The van der Waals surface area contributed by atoms with Crippen LogP contribution in [-0.2, 0) is 16.6 Å².